The average molecular weight is 269 g/mol. The SMILES string of the molecule is CCC(NC1CCS(=O)(=O)C1)c1ccccc1O. The van der Waals surface area contributed by atoms with Crippen molar-refractivity contribution < 1.29 is 13.5 Å². The van der Waals surface area contributed by atoms with Crippen LogP contribution < -0.4 is 5.32 Å². The first-order valence-corrected chi connectivity index (χ1v) is 8.08. The van der Waals surface area contributed by atoms with E-state index in [1.54, 1.807) is 12.1 Å². The molecule has 1 aromatic carbocycles. The van der Waals surface area contributed by atoms with E-state index in [4.69, 9.17) is 0 Å². The largest absolute Gasteiger partial charge is 0.508 e. The molecule has 0 spiro atoms. The summed E-state index contributed by atoms with van der Waals surface area (Å²) < 4.78 is 22.8. The zero-order chi connectivity index (χ0) is 13.2. The van der Waals surface area contributed by atoms with Crippen molar-refractivity contribution in [2.45, 2.75) is 31.8 Å². The van der Waals surface area contributed by atoms with Crippen LogP contribution in [0, 0.1) is 0 Å². The maximum absolute atomic E-state index is 11.4. The Hall–Kier alpha value is -1.07. The predicted octanol–water partition coefficient (Wildman–Crippen LogP) is 1.62. The van der Waals surface area contributed by atoms with Gasteiger partial charge in [0.25, 0.3) is 0 Å². The summed E-state index contributed by atoms with van der Waals surface area (Å²) in [5.74, 6) is 0.733. The van der Waals surface area contributed by atoms with Gasteiger partial charge in [0, 0.05) is 17.6 Å². The van der Waals surface area contributed by atoms with Gasteiger partial charge in [-0.2, -0.15) is 0 Å². The van der Waals surface area contributed by atoms with E-state index in [-0.39, 0.29) is 29.3 Å². The van der Waals surface area contributed by atoms with Gasteiger partial charge in [-0.1, -0.05) is 25.1 Å². The number of phenols is 1. The average Bonchev–Trinajstić information content (AvgIpc) is 2.67. The maximum atomic E-state index is 11.4. The van der Waals surface area contributed by atoms with Crippen molar-refractivity contribution in [3.8, 4) is 5.75 Å². The van der Waals surface area contributed by atoms with E-state index >= 15 is 0 Å². The van der Waals surface area contributed by atoms with Crippen LogP contribution in [0.4, 0.5) is 0 Å². The Morgan fingerprint density at radius 2 is 2.17 bits per heavy atom. The Kier molecular flexibility index (Phi) is 3.92. The van der Waals surface area contributed by atoms with E-state index in [1.165, 1.54) is 0 Å². The summed E-state index contributed by atoms with van der Waals surface area (Å²) in [4.78, 5) is 0. The highest BCUT2D eigenvalue weighted by molar-refractivity contribution is 7.91. The third-order valence-corrected chi connectivity index (χ3v) is 5.16. The Bertz CT molecular complexity index is 513. The molecule has 0 radical (unpaired) electrons. The monoisotopic (exact) mass is 269 g/mol. The van der Waals surface area contributed by atoms with Crippen LogP contribution in [-0.4, -0.2) is 31.1 Å². The van der Waals surface area contributed by atoms with Crippen LogP contribution >= 0.6 is 0 Å². The molecule has 0 aromatic heterocycles. The van der Waals surface area contributed by atoms with Gasteiger partial charge in [0.2, 0.25) is 0 Å². The van der Waals surface area contributed by atoms with Crippen LogP contribution in [0.15, 0.2) is 24.3 Å². The summed E-state index contributed by atoms with van der Waals surface area (Å²) >= 11 is 0. The highest BCUT2D eigenvalue weighted by Gasteiger charge is 2.29. The van der Waals surface area contributed by atoms with Crippen molar-refractivity contribution in [3.05, 3.63) is 29.8 Å². The molecule has 1 aliphatic rings. The Morgan fingerprint density at radius 3 is 2.72 bits per heavy atom. The van der Waals surface area contributed by atoms with E-state index < -0.39 is 9.84 Å². The molecule has 1 saturated heterocycles. The van der Waals surface area contributed by atoms with Crippen molar-refractivity contribution in [1.82, 2.24) is 5.32 Å². The first kappa shape index (κ1) is 13.4. The van der Waals surface area contributed by atoms with Crippen LogP contribution in [0.2, 0.25) is 0 Å². The van der Waals surface area contributed by atoms with Gasteiger partial charge in [-0.25, -0.2) is 8.42 Å². The standard InChI is InChI=1S/C13H19NO3S/c1-2-12(11-5-3-4-6-13(11)15)14-10-7-8-18(16,17)9-10/h3-6,10,12,14-15H,2,7-9H2,1H3. The van der Waals surface area contributed by atoms with E-state index in [9.17, 15) is 13.5 Å². The molecular formula is C13H19NO3S. The zero-order valence-corrected chi connectivity index (χ0v) is 11.3. The number of nitrogens with one attached hydrogen (secondary N) is 1. The normalized spacial score (nSPS) is 23.9. The summed E-state index contributed by atoms with van der Waals surface area (Å²) in [5, 5.41) is 13.2. The number of hydrogen-bond donors (Lipinski definition) is 2. The van der Waals surface area contributed by atoms with Gasteiger partial charge < -0.3 is 10.4 Å². The van der Waals surface area contributed by atoms with Gasteiger partial charge in [-0.3, -0.25) is 0 Å². The first-order chi connectivity index (χ1) is 8.52. The quantitative estimate of drug-likeness (QED) is 0.871. The molecule has 5 heteroatoms. The van der Waals surface area contributed by atoms with Gasteiger partial charge in [-0.05, 0) is 18.9 Å². The van der Waals surface area contributed by atoms with Crippen molar-refractivity contribution >= 4 is 9.84 Å². The number of hydrogen-bond acceptors (Lipinski definition) is 4. The summed E-state index contributed by atoms with van der Waals surface area (Å²) in [6.07, 6.45) is 1.47. The minimum absolute atomic E-state index is 0.000411. The fourth-order valence-corrected chi connectivity index (χ4v) is 4.11. The molecule has 1 aliphatic heterocycles. The van der Waals surface area contributed by atoms with Crippen LogP contribution in [0.3, 0.4) is 0 Å². The van der Waals surface area contributed by atoms with Crippen molar-refractivity contribution in [2.75, 3.05) is 11.5 Å². The highest BCUT2D eigenvalue weighted by Crippen LogP contribution is 2.27. The molecule has 0 amide bonds. The van der Waals surface area contributed by atoms with Gasteiger partial charge >= 0.3 is 0 Å². The Balaban J connectivity index is 2.09. The number of sulfone groups is 1. The minimum Gasteiger partial charge on any atom is -0.508 e. The molecule has 100 valence electrons. The molecule has 2 atom stereocenters. The van der Waals surface area contributed by atoms with Gasteiger partial charge in [0.15, 0.2) is 9.84 Å². The predicted molar refractivity (Wildman–Crippen MR) is 71.3 cm³/mol. The number of phenolic OH excluding ortho intramolecular Hbond substituents is 1. The molecule has 1 aromatic rings. The number of aromatic hydroxyl groups is 1. The maximum Gasteiger partial charge on any atom is 0.151 e. The van der Waals surface area contributed by atoms with Gasteiger partial charge in [-0.15, -0.1) is 0 Å². The lowest BCUT2D eigenvalue weighted by Crippen LogP contribution is -2.33. The van der Waals surface area contributed by atoms with Gasteiger partial charge in [0.1, 0.15) is 5.75 Å². The third-order valence-electron chi connectivity index (χ3n) is 3.39. The lowest BCUT2D eigenvalue weighted by Gasteiger charge is -2.22. The molecular weight excluding hydrogens is 250 g/mol. The summed E-state index contributed by atoms with van der Waals surface area (Å²) in [6, 6.07) is 7.20. The smallest absolute Gasteiger partial charge is 0.151 e. The molecule has 0 saturated carbocycles. The van der Waals surface area contributed by atoms with Crippen LogP contribution in [0.5, 0.6) is 5.75 Å². The third kappa shape index (κ3) is 3.03. The van der Waals surface area contributed by atoms with Crippen molar-refractivity contribution in [3.63, 3.8) is 0 Å². The molecule has 1 heterocycles. The number of rotatable bonds is 4. The lowest BCUT2D eigenvalue weighted by atomic mass is 10.0. The molecule has 0 aliphatic carbocycles. The molecule has 2 rings (SSSR count). The molecule has 0 bridgehead atoms. The minimum atomic E-state index is -2.87. The van der Waals surface area contributed by atoms with Crippen LogP contribution in [0.25, 0.3) is 0 Å². The zero-order valence-electron chi connectivity index (χ0n) is 10.5. The Labute approximate surface area is 108 Å². The molecule has 1 fully saturated rings. The molecule has 18 heavy (non-hydrogen) atoms. The summed E-state index contributed by atoms with van der Waals surface area (Å²) in [6.45, 7) is 2.02. The fraction of sp³-hybridized carbons (Fsp3) is 0.538. The fourth-order valence-electron chi connectivity index (χ4n) is 2.42. The second-order valence-corrected chi connectivity index (χ2v) is 7.01. The van der Waals surface area contributed by atoms with Crippen molar-refractivity contribution in [1.29, 1.82) is 0 Å². The van der Waals surface area contributed by atoms with E-state index in [0.29, 0.717) is 6.42 Å². The number of benzene rings is 1. The Morgan fingerprint density at radius 1 is 1.44 bits per heavy atom. The topological polar surface area (TPSA) is 66.4 Å². The van der Waals surface area contributed by atoms with Gasteiger partial charge in [0.05, 0.1) is 11.5 Å². The number of para-hydroxylation sites is 1. The van der Waals surface area contributed by atoms with E-state index in [2.05, 4.69) is 5.32 Å². The van der Waals surface area contributed by atoms with Crippen molar-refractivity contribution in [2.24, 2.45) is 0 Å². The second-order valence-electron chi connectivity index (χ2n) is 4.79. The van der Waals surface area contributed by atoms with Crippen LogP contribution in [-0.2, 0) is 9.84 Å². The summed E-state index contributed by atoms with van der Waals surface area (Å²) in [7, 11) is -2.87. The molecule has 2 unspecified atom stereocenters. The highest BCUT2D eigenvalue weighted by atomic mass is 32.2. The van der Waals surface area contributed by atoms with Crippen LogP contribution in [0.1, 0.15) is 31.4 Å². The molecule has 2 N–H and O–H groups in total. The summed E-state index contributed by atoms with van der Waals surface area (Å²) in [5.41, 5.74) is 0.837. The first-order valence-electron chi connectivity index (χ1n) is 6.26. The lowest BCUT2D eigenvalue weighted by molar-refractivity contribution is 0.417. The van der Waals surface area contributed by atoms with E-state index in [0.717, 1.165) is 12.0 Å². The second kappa shape index (κ2) is 5.28. The molecule has 4 nitrogen and oxygen atoms in total. The van der Waals surface area contributed by atoms with E-state index in [1.807, 2.05) is 19.1 Å².